The van der Waals surface area contributed by atoms with Gasteiger partial charge in [-0.25, -0.2) is 0 Å². The molecule has 0 saturated heterocycles. The van der Waals surface area contributed by atoms with Gasteiger partial charge in [-0.15, -0.1) is 0 Å². The van der Waals surface area contributed by atoms with Gasteiger partial charge in [-0.05, 0) is 17.7 Å². The summed E-state index contributed by atoms with van der Waals surface area (Å²) in [5.74, 6) is -0.511. The van der Waals surface area contributed by atoms with E-state index >= 15 is 0 Å². The molecule has 1 aliphatic heterocycles. The van der Waals surface area contributed by atoms with Crippen molar-refractivity contribution in [3.05, 3.63) is 70.8 Å². The molecule has 2 N–H and O–H groups in total. The monoisotopic (exact) mass is 296 g/mol. The van der Waals surface area contributed by atoms with Crippen molar-refractivity contribution < 1.29 is 9.59 Å². The Kier molecular flexibility index (Phi) is 3.27. The maximum atomic E-state index is 12.3. The predicted molar refractivity (Wildman–Crippen MR) is 83.0 cm³/mol. The van der Waals surface area contributed by atoms with E-state index in [-0.39, 0.29) is 18.4 Å². The molecule has 3 rings (SSSR count). The minimum atomic E-state index is -0.256. The number of hydrogen-bond acceptors (Lipinski definition) is 3. The molecule has 4 nitrogen and oxygen atoms in total. The van der Waals surface area contributed by atoms with E-state index in [1.165, 1.54) is 4.90 Å². The van der Waals surface area contributed by atoms with Crippen molar-refractivity contribution in [1.82, 2.24) is 4.90 Å². The molecule has 2 aromatic rings. The maximum absolute atomic E-state index is 12.3. The van der Waals surface area contributed by atoms with Crippen LogP contribution in [0.5, 0.6) is 0 Å². The number of carbonyl (C=O) groups excluding carboxylic acids is 2. The molecule has 0 aromatic heterocycles. The van der Waals surface area contributed by atoms with Gasteiger partial charge in [0.05, 0.1) is 17.7 Å². The van der Waals surface area contributed by atoms with E-state index in [1.807, 2.05) is 12.1 Å². The highest BCUT2D eigenvalue weighted by Crippen LogP contribution is 2.24. The fourth-order valence-electron chi connectivity index (χ4n) is 2.34. The summed E-state index contributed by atoms with van der Waals surface area (Å²) in [6, 6.07) is 14.1. The molecule has 5 heteroatoms. The van der Waals surface area contributed by atoms with Crippen LogP contribution in [0.1, 0.15) is 31.8 Å². The van der Waals surface area contributed by atoms with Crippen LogP contribution in [0.3, 0.4) is 0 Å². The number of rotatable bonds is 3. The first kappa shape index (κ1) is 13.5. The van der Waals surface area contributed by atoms with Crippen molar-refractivity contribution in [2.75, 3.05) is 0 Å². The number of imide groups is 1. The quantitative estimate of drug-likeness (QED) is 0.696. The fourth-order valence-corrected chi connectivity index (χ4v) is 2.48. The summed E-state index contributed by atoms with van der Waals surface area (Å²) in [6.07, 6.45) is 0. The number of nitrogens with two attached hydrogens (primary N) is 1. The van der Waals surface area contributed by atoms with E-state index in [0.717, 1.165) is 11.1 Å². The van der Waals surface area contributed by atoms with Crippen LogP contribution in [0.25, 0.3) is 0 Å². The van der Waals surface area contributed by atoms with E-state index < -0.39 is 0 Å². The summed E-state index contributed by atoms with van der Waals surface area (Å²) in [6.45, 7) is 0.240. The van der Waals surface area contributed by atoms with Gasteiger partial charge in [-0.3, -0.25) is 14.5 Å². The van der Waals surface area contributed by atoms with Gasteiger partial charge in [0.15, 0.2) is 0 Å². The Hall–Kier alpha value is -2.53. The van der Waals surface area contributed by atoms with Gasteiger partial charge in [0.1, 0.15) is 4.99 Å². The number of carbonyl (C=O) groups is 2. The standard InChI is InChI=1S/C16H12N2O2S/c17-14(21)11-7-5-10(6-8-11)9-18-15(19)12-3-1-2-4-13(12)16(18)20/h1-8H,9H2,(H2,17,21). The summed E-state index contributed by atoms with van der Waals surface area (Å²) in [4.78, 5) is 26.1. The Bertz CT molecular complexity index is 718. The van der Waals surface area contributed by atoms with Gasteiger partial charge in [0.25, 0.3) is 11.8 Å². The van der Waals surface area contributed by atoms with Crippen LogP contribution in [0.2, 0.25) is 0 Å². The lowest BCUT2D eigenvalue weighted by molar-refractivity contribution is 0.0642. The van der Waals surface area contributed by atoms with Crippen molar-refractivity contribution in [3.8, 4) is 0 Å². The molecule has 1 aliphatic rings. The molecular weight excluding hydrogens is 284 g/mol. The van der Waals surface area contributed by atoms with Crippen molar-refractivity contribution in [3.63, 3.8) is 0 Å². The van der Waals surface area contributed by atoms with Gasteiger partial charge < -0.3 is 5.73 Å². The Labute approximate surface area is 127 Å². The summed E-state index contributed by atoms with van der Waals surface area (Å²) < 4.78 is 0. The number of fused-ring (bicyclic) bond motifs is 1. The first-order valence-corrected chi connectivity index (χ1v) is 6.83. The van der Waals surface area contributed by atoms with Crippen LogP contribution in [-0.2, 0) is 6.54 Å². The average Bonchev–Trinajstić information content (AvgIpc) is 2.73. The third-order valence-electron chi connectivity index (χ3n) is 3.46. The summed E-state index contributed by atoms with van der Waals surface area (Å²) >= 11 is 4.89. The third-order valence-corrected chi connectivity index (χ3v) is 3.69. The molecule has 0 aliphatic carbocycles. The summed E-state index contributed by atoms with van der Waals surface area (Å²) in [7, 11) is 0. The highest BCUT2D eigenvalue weighted by atomic mass is 32.1. The van der Waals surface area contributed by atoms with E-state index in [4.69, 9.17) is 18.0 Å². The van der Waals surface area contributed by atoms with Crippen LogP contribution >= 0.6 is 12.2 Å². The van der Waals surface area contributed by atoms with Crippen LogP contribution in [0.15, 0.2) is 48.5 Å². The van der Waals surface area contributed by atoms with Gasteiger partial charge in [0.2, 0.25) is 0 Å². The van der Waals surface area contributed by atoms with Gasteiger partial charge in [0, 0.05) is 5.56 Å². The third kappa shape index (κ3) is 2.32. The molecule has 2 aromatic carbocycles. The van der Waals surface area contributed by atoms with Crippen LogP contribution in [-0.4, -0.2) is 21.7 Å². The van der Waals surface area contributed by atoms with Crippen molar-refractivity contribution >= 4 is 29.0 Å². The molecule has 21 heavy (non-hydrogen) atoms. The zero-order valence-electron chi connectivity index (χ0n) is 11.1. The van der Waals surface area contributed by atoms with E-state index in [9.17, 15) is 9.59 Å². The number of hydrogen-bond donors (Lipinski definition) is 1. The Morgan fingerprint density at radius 3 is 1.95 bits per heavy atom. The molecule has 0 bridgehead atoms. The summed E-state index contributed by atoms with van der Waals surface area (Å²) in [5.41, 5.74) is 8.07. The number of nitrogens with zero attached hydrogens (tertiary/aromatic N) is 1. The normalized spacial score (nSPS) is 13.4. The molecule has 0 radical (unpaired) electrons. The number of benzene rings is 2. The highest BCUT2D eigenvalue weighted by Gasteiger charge is 2.34. The lowest BCUT2D eigenvalue weighted by atomic mass is 10.1. The largest absolute Gasteiger partial charge is 0.389 e. The predicted octanol–water partition coefficient (Wildman–Crippen LogP) is 2.12. The van der Waals surface area contributed by atoms with Gasteiger partial charge >= 0.3 is 0 Å². The molecule has 0 spiro atoms. The zero-order chi connectivity index (χ0) is 15.0. The Balaban J connectivity index is 1.85. The van der Waals surface area contributed by atoms with E-state index in [2.05, 4.69) is 0 Å². The topological polar surface area (TPSA) is 63.4 Å². The number of thiocarbonyl (C=S) groups is 1. The minimum absolute atomic E-state index is 0.240. The summed E-state index contributed by atoms with van der Waals surface area (Å²) in [5, 5.41) is 0. The lowest BCUT2D eigenvalue weighted by Gasteiger charge is -2.14. The molecule has 0 unspecified atom stereocenters. The lowest BCUT2D eigenvalue weighted by Crippen LogP contribution is -2.29. The van der Waals surface area contributed by atoms with Gasteiger partial charge in [-0.1, -0.05) is 48.6 Å². The van der Waals surface area contributed by atoms with E-state index in [0.29, 0.717) is 16.1 Å². The van der Waals surface area contributed by atoms with Crippen LogP contribution in [0, 0.1) is 0 Å². The second-order valence-electron chi connectivity index (χ2n) is 4.80. The average molecular weight is 296 g/mol. The van der Waals surface area contributed by atoms with Crippen molar-refractivity contribution in [2.24, 2.45) is 5.73 Å². The Morgan fingerprint density at radius 1 is 0.952 bits per heavy atom. The Morgan fingerprint density at radius 2 is 1.48 bits per heavy atom. The molecule has 104 valence electrons. The second-order valence-corrected chi connectivity index (χ2v) is 5.24. The first-order valence-electron chi connectivity index (χ1n) is 6.42. The molecule has 1 heterocycles. The van der Waals surface area contributed by atoms with Crippen LogP contribution < -0.4 is 5.73 Å². The maximum Gasteiger partial charge on any atom is 0.261 e. The fraction of sp³-hybridized carbons (Fsp3) is 0.0625. The molecule has 0 atom stereocenters. The molecule has 0 fully saturated rings. The molecule has 0 saturated carbocycles. The highest BCUT2D eigenvalue weighted by molar-refractivity contribution is 7.80. The van der Waals surface area contributed by atoms with Crippen molar-refractivity contribution in [1.29, 1.82) is 0 Å². The first-order chi connectivity index (χ1) is 10.1. The SMILES string of the molecule is NC(=S)c1ccc(CN2C(=O)c3ccccc3C2=O)cc1. The molecular formula is C16H12N2O2S. The van der Waals surface area contributed by atoms with E-state index in [1.54, 1.807) is 36.4 Å². The molecule has 2 amide bonds. The van der Waals surface area contributed by atoms with Gasteiger partial charge in [-0.2, -0.15) is 0 Å². The second kappa shape index (κ2) is 5.10. The van der Waals surface area contributed by atoms with Crippen LogP contribution in [0.4, 0.5) is 0 Å². The van der Waals surface area contributed by atoms with Crippen molar-refractivity contribution in [2.45, 2.75) is 6.54 Å². The zero-order valence-corrected chi connectivity index (χ0v) is 11.9. The minimum Gasteiger partial charge on any atom is -0.389 e. The number of amides is 2. The smallest absolute Gasteiger partial charge is 0.261 e.